The van der Waals surface area contributed by atoms with Gasteiger partial charge in [0.25, 0.3) is 0 Å². The summed E-state index contributed by atoms with van der Waals surface area (Å²) in [6.45, 7) is 1.48. The van der Waals surface area contributed by atoms with Gasteiger partial charge in [-0.15, -0.1) is 0 Å². The molecular formula is C11H15O4PS2. The van der Waals surface area contributed by atoms with Gasteiger partial charge < -0.3 is 14.2 Å². The Hall–Kier alpha value is -0.390. The molecule has 0 fully saturated rings. The number of ketones is 1. The van der Waals surface area contributed by atoms with Crippen molar-refractivity contribution in [3.8, 4) is 5.75 Å². The molecule has 0 unspecified atom stereocenters. The van der Waals surface area contributed by atoms with Crippen molar-refractivity contribution in [2.45, 2.75) is 12.7 Å². The summed E-state index contributed by atoms with van der Waals surface area (Å²) in [6, 6.07) is 4.76. The van der Waals surface area contributed by atoms with E-state index in [1.807, 2.05) is 0 Å². The van der Waals surface area contributed by atoms with Crippen molar-refractivity contribution >= 4 is 34.7 Å². The SMILES string of the molecule is COP(=S)(OC)SCc1cc(C(C)=O)ccc1O. The van der Waals surface area contributed by atoms with Crippen molar-refractivity contribution in [2.75, 3.05) is 14.2 Å². The topological polar surface area (TPSA) is 55.8 Å². The van der Waals surface area contributed by atoms with Crippen LogP contribution in [0.15, 0.2) is 18.2 Å². The van der Waals surface area contributed by atoms with E-state index in [2.05, 4.69) is 0 Å². The molecule has 4 nitrogen and oxygen atoms in total. The molecule has 0 aliphatic heterocycles. The van der Waals surface area contributed by atoms with E-state index in [9.17, 15) is 9.90 Å². The first-order chi connectivity index (χ1) is 8.41. The zero-order valence-corrected chi connectivity index (χ0v) is 12.9. The fraction of sp³-hybridized carbons (Fsp3) is 0.364. The van der Waals surface area contributed by atoms with Crippen LogP contribution in [-0.2, 0) is 26.6 Å². The number of rotatable bonds is 6. The molecule has 0 saturated heterocycles. The summed E-state index contributed by atoms with van der Waals surface area (Å²) < 4.78 is 10.3. The second kappa shape index (κ2) is 6.68. The molecule has 0 aliphatic carbocycles. The van der Waals surface area contributed by atoms with Crippen LogP contribution in [0.4, 0.5) is 0 Å². The molecular weight excluding hydrogens is 291 g/mol. The minimum atomic E-state index is -2.35. The predicted molar refractivity (Wildman–Crippen MR) is 77.7 cm³/mol. The van der Waals surface area contributed by atoms with Gasteiger partial charge in [0.05, 0.1) is 0 Å². The second-order valence-electron chi connectivity index (χ2n) is 3.49. The number of phenols is 1. The number of benzene rings is 1. The first-order valence-corrected chi connectivity index (χ1v) is 9.33. The van der Waals surface area contributed by atoms with Crippen LogP contribution >= 0.6 is 17.1 Å². The van der Waals surface area contributed by atoms with Crippen LogP contribution in [0.5, 0.6) is 5.75 Å². The van der Waals surface area contributed by atoms with Crippen LogP contribution in [0.3, 0.4) is 0 Å². The maximum atomic E-state index is 11.3. The highest BCUT2D eigenvalue weighted by atomic mass is 32.9. The van der Waals surface area contributed by atoms with Gasteiger partial charge >= 0.3 is 0 Å². The van der Waals surface area contributed by atoms with E-state index in [0.717, 1.165) is 0 Å². The van der Waals surface area contributed by atoms with Crippen LogP contribution in [0.2, 0.25) is 0 Å². The highest BCUT2D eigenvalue weighted by molar-refractivity contribution is 8.67. The minimum absolute atomic E-state index is 0.0424. The van der Waals surface area contributed by atoms with Crippen LogP contribution in [0.1, 0.15) is 22.8 Å². The third-order valence-electron chi connectivity index (χ3n) is 2.31. The van der Waals surface area contributed by atoms with Gasteiger partial charge in [-0.25, -0.2) is 0 Å². The molecule has 0 radical (unpaired) electrons. The minimum Gasteiger partial charge on any atom is -0.508 e. The van der Waals surface area contributed by atoms with Crippen LogP contribution in [0.25, 0.3) is 0 Å². The summed E-state index contributed by atoms with van der Waals surface area (Å²) >= 11 is 6.53. The van der Waals surface area contributed by atoms with Crippen molar-refractivity contribution in [2.24, 2.45) is 0 Å². The smallest absolute Gasteiger partial charge is 0.247 e. The number of phenolic OH excluding ortho intramolecular Hbond substituents is 1. The van der Waals surface area contributed by atoms with Crippen LogP contribution in [0, 0.1) is 0 Å². The van der Waals surface area contributed by atoms with Gasteiger partial charge in [0.2, 0.25) is 5.69 Å². The molecule has 1 N–H and O–H groups in total. The first kappa shape index (κ1) is 15.7. The predicted octanol–water partition coefficient (Wildman–Crippen LogP) is 3.35. The molecule has 0 saturated carbocycles. The quantitative estimate of drug-likeness (QED) is 0.642. The Morgan fingerprint density at radius 3 is 2.56 bits per heavy atom. The van der Waals surface area contributed by atoms with E-state index in [-0.39, 0.29) is 11.5 Å². The summed E-state index contributed by atoms with van der Waals surface area (Å²) in [5, 5.41) is 9.73. The monoisotopic (exact) mass is 306 g/mol. The number of carbonyl (C=O) groups excluding carboxylic acids is 1. The third kappa shape index (κ3) is 4.07. The molecule has 100 valence electrons. The van der Waals surface area contributed by atoms with Gasteiger partial charge in [-0.05, 0) is 36.9 Å². The van der Waals surface area contributed by atoms with Gasteiger partial charge in [0.15, 0.2) is 5.78 Å². The summed E-state index contributed by atoms with van der Waals surface area (Å²) in [4.78, 5) is 11.3. The van der Waals surface area contributed by atoms with E-state index in [1.54, 1.807) is 12.1 Å². The van der Waals surface area contributed by atoms with E-state index in [0.29, 0.717) is 16.9 Å². The summed E-state index contributed by atoms with van der Waals surface area (Å²) in [6.07, 6.45) is 0. The fourth-order valence-corrected chi connectivity index (χ4v) is 4.14. The third-order valence-corrected chi connectivity index (χ3v) is 8.04. The van der Waals surface area contributed by atoms with Crippen molar-refractivity contribution in [1.82, 2.24) is 0 Å². The highest BCUT2D eigenvalue weighted by Crippen LogP contribution is 2.61. The normalized spacial score (nSPS) is 11.5. The van der Waals surface area contributed by atoms with Crippen LogP contribution in [-0.4, -0.2) is 25.1 Å². The van der Waals surface area contributed by atoms with E-state index in [1.165, 1.54) is 38.6 Å². The lowest BCUT2D eigenvalue weighted by Gasteiger charge is -2.16. The molecule has 0 heterocycles. The van der Waals surface area contributed by atoms with Crippen molar-refractivity contribution in [1.29, 1.82) is 0 Å². The molecule has 1 rings (SSSR count). The zero-order chi connectivity index (χ0) is 13.8. The van der Waals surface area contributed by atoms with Crippen molar-refractivity contribution < 1.29 is 18.9 Å². The standard InChI is InChI=1S/C11H15O4PS2/c1-8(12)9-4-5-11(13)10(6-9)7-18-16(17,14-2)15-3/h4-6,13H,7H2,1-3H3. The molecule has 0 atom stereocenters. The lowest BCUT2D eigenvalue weighted by Crippen LogP contribution is -1.94. The second-order valence-corrected chi connectivity index (χ2v) is 10.0. The van der Waals surface area contributed by atoms with Gasteiger partial charge in [-0.1, -0.05) is 11.4 Å². The largest absolute Gasteiger partial charge is 0.508 e. The molecule has 0 amide bonds. The van der Waals surface area contributed by atoms with Crippen LogP contribution < -0.4 is 0 Å². The Kier molecular flexibility index (Phi) is 5.82. The number of aromatic hydroxyl groups is 1. The Morgan fingerprint density at radius 2 is 2.06 bits per heavy atom. The van der Waals surface area contributed by atoms with Gasteiger partial charge in [0, 0.05) is 31.1 Å². The number of Topliss-reactive ketones (excluding diaryl/α,β-unsaturated/α-hetero) is 1. The number of hydrogen-bond acceptors (Lipinski definition) is 6. The summed E-state index contributed by atoms with van der Waals surface area (Å²) in [5.41, 5.74) is -1.14. The highest BCUT2D eigenvalue weighted by Gasteiger charge is 2.17. The van der Waals surface area contributed by atoms with Gasteiger partial charge in [0.1, 0.15) is 5.75 Å². The molecule has 1 aromatic carbocycles. The molecule has 18 heavy (non-hydrogen) atoms. The lowest BCUT2D eigenvalue weighted by atomic mass is 10.1. The van der Waals surface area contributed by atoms with Gasteiger partial charge in [-0.3, -0.25) is 4.79 Å². The maximum absolute atomic E-state index is 11.3. The number of hydrogen-bond donors (Lipinski definition) is 1. The van der Waals surface area contributed by atoms with Crippen molar-refractivity contribution in [3.63, 3.8) is 0 Å². The average molecular weight is 306 g/mol. The molecule has 0 bridgehead atoms. The Labute approximate surface area is 116 Å². The van der Waals surface area contributed by atoms with Gasteiger partial charge in [-0.2, -0.15) is 0 Å². The Balaban J connectivity index is 2.87. The average Bonchev–Trinajstić information content (AvgIpc) is 2.37. The van der Waals surface area contributed by atoms with Crippen molar-refractivity contribution in [3.05, 3.63) is 29.3 Å². The fourth-order valence-electron chi connectivity index (χ4n) is 1.25. The molecule has 1 aromatic rings. The van der Waals surface area contributed by atoms with E-state index < -0.39 is 5.69 Å². The lowest BCUT2D eigenvalue weighted by molar-refractivity contribution is 0.101. The Bertz CT molecular complexity index is 482. The van der Waals surface area contributed by atoms with E-state index >= 15 is 0 Å². The Morgan fingerprint density at radius 1 is 1.44 bits per heavy atom. The first-order valence-electron chi connectivity index (χ1n) is 5.10. The summed E-state index contributed by atoms with van der Waals surface area (Å²) in [5.74, 6) is 0.534. The molecule has 0 spiro atoms. The zero-order valence-electron chi connectivity index (χ0n) is 10.4. The number of carbonyl (C=O) groups is 1. The van der Waals surface area contributed by atoms with E-state index in [4.69, 9.17) is 20.9 Å². The summed E-state index contributed by atoms with van der Waals surface area (Å²) in [7, 11) is 3.01. The molecule has 7 heteroatoms. The maximum Gasteiger partial charge on any atom is 0.247 e. The molecule has 0 aromatic heterocycles. The molecule has 0 aliphatic rings.